The molecular weight excluding hydrogens is 435 g/mol. The Morgan fingerprint density at radius 1 is 1.18 bits per heavy atom. The second-order valence-electron chi connectivity index (χ2n) is 8.93. The van der Waals surface area contributed by atoms with Gasteiger partial charge in [0, 0.05) is 36.8 Å². The summed E-state index contributed by atoms with van der Waals surface area (Å²) >= 11 is 0. The lowest BCUT2D eigenvalue weighted by molar-refractivity contribution is -0.129. The molecule has 5 rings (SSSR count). The van der Waals surface area contributed by atoms with Gasteiger partial charge in [-0.3, -0.25) is 14.7 Å². The molecule has 34 heavy (non-hydrogen) atoms. The molecule has 7 heteroatoms. The van der Waals surface area contributed by atoms with Gasteiger partial charge in [-0.15, -0.1) is 0 Å². The molecule has 0 unspecified atom stereocenters. The molecule has 1 atom stereocenters. The van der Waals surface area contributed by atoms with Gasteiger partial charge in [-0.05, 0) is 55.5 Å². The summed E-state index contributed by atoms with van der Waals surface area (Å²) < 4.78 is 32.1. The van der Waals surface area contributed by atoms with Crippen LogP contribution in [0.25, 0.3) is 22.0 Å². The molecule has 3 aromatic rings. The summed E-state index contributed by atoms with van der Waals surface area (Å²) in [5.74, 6) is 0.626. The number of hydrogen-bond acceptors (Lipinski definition) is 6. The Labute approximate surface area is 198 Å². The quantitative estimate of drug-likeness (QED) is 0.508. The standard InChI is InChI=1S/C27H29FN2O4/c1-32-27-21(8-6-18-4-2-12-29-26(18)27)19-7-9-24(22(28)16-19)34-20-10-13-30(14-11-20)17-23(31)25-5-3-15-33-25/h2,4,6-9,12,16,20,25H,3,5,10-11,13-15,17H2,1H3/t25-/m1/s1. The number of carbonyl (C=O) groups excluding carboxylic acids is 1. The van der Waals surface area contributed by atoms with E-state index in [1.54, 1.807) is 19.4 Å². The summed E-state index contributed by atoms with van der Waals surface area (Å²) in [7, 11) is 1.60. The van der Waals surface area contributed by atoms with Gasteiger partial charge in [0.2, 0.25) is 0 Å². The van der Waals surface area contributed by atoms with Gasteiger partial charge in [0.1, 0.15) is 17.7 Å². The van der Waals surface area contributed by atoms with E-state index < -0.39 is 5.82 Å². The van der Waals surface area contributed by atoms with E-state index in [-0.39, 0.29) is 23.7 Å². The van der Waals surface area contributed by atoms with Crippen LogP contribution in [-0.2, 0) is 9.53 Å². The fourth-order valence-electron chi connectivity index (χ4n) is 4.83. The number of methoxy groups -OCH3 is 1. The van der Waals surface area contributed by atoms with Crippen LogP contribution in [0.3, 0.4) is 0 Å². The fraction of sp³-hybridized carbons (Fsp3) is 0.407. The van der Waals surface area contributed by atoms with Gasteiger partial charge < -0.3 is 14.2 Å². The number of aromatic nitrogens is 1. The molecule has 6 nitrogen and oxygen atoms in total. The van der Waals surface area contributed by atoms with Crippen LogP contribution in [0.1, 0.15) is 25.7 Å². The number of pyridine rings is 1. The zero-order valence-electron chi connectivity index (χ0n) is 19.3. The van der Waals surface area contributed by atoms with E-state index in [4.69, 9.17) is 14.2 Å². The Morgan fingerprint density at radius 3 is 2.76 bits per heavy atom. The van der Waals surface area contributed by atoms with Gasteiger partial charge in [-0.1, -0.05) is 18.2 Å². The van der Waals surface area contributed by atoms with Crippen molar-refractivity contribution in [1.82, 2.24) is 9.88 Å². The minimum Gasteiger partial charge on any atom is -0.494 e. The lowest BCUT2D eigenvalue weighted by Crippen LogP contribution is -2.43. The molecule has 2 aliphatic heterocycles. The van der Waals surface area contributed by atoms with Crippen molar-refractivity contribution in [3.63, 3.8) is 0 Å². The molecule has 2 aliphatic rings. The molecule has 2 aromatic carbocycles. The third-order valence-electron chi connectivity index (χ3n) is 6.67. The first-order valence-electron chi connectivity index (χ1n) is 11.9. The number of ether oxygens (including phenoxy) is 3. The number of benzene rings is 2. The lowest BCUT2D eigenvalue weighted by atomic mass is 10.0. The Balaban J connectivity index is 1.23. The number of Topliss-reactive ketones (excluding diaryl/α,β-unsaturated/α-hetero) is 1. The number of halogens is 1. The van der Waals surface area contributed by atoms with E-state index in [9.17, 15) is 4.79 Å². The number of nitrogens with zero attached hydrogens (tertiary/aromatic N) is 2. The summed E-state index contributed by atoms with van der Waals surface area (Å²) in [5, 5.41) is 0.965. The predicted octanol–water partition coefficient (Wildman–Crippen LogP) is 4.64. The lowest BCUT2D eigenvalue weighted by Gasteiger charge is -2.32. The number of rotatable bonds is 7. The summed E-state index contributed by atoms with van der Waals surface area (Å²) in [6.45, 7) is 2.61. The average Bonchev–Trinajstić information content (AvgIpc) is 3.41. The van der Waals surface area contributed by atoms with E-state index in [1.807, 2.05) is 30.3 Å². The molecule has 0 bridgehead atoms. The van der Waals surface area contributed by atoms with E-state index in [0.717, 1.165) is 55.2 Å². The normalized spacial score (nSPS) is 19.4. The van der Waals surface area contributed by atoms with E-state index in [1.165, 1.54) is 6.07 Å². The smallest absolute Gasteiger partial charge is 0.175 e. The first kappa shape index (κ1) is 22.7. The van der Waals surface area contributed by atoms with Gasteiger partial charge >= 0.3 is 0 Å². The highest BCUT2D eigenvalue weighted by Gasteiger charge is 2.28. The van der Waals surface area contributed by atoms with Crippen molar-refractivity contribution in [3.8, 4) is 22.6 Å². The van der Waals surface area contributed by atoms with Crippen molar-refractivity contribution in [1.29, 1.82) is 0 Å². The van der Waals surface area contributed by atoms with Crippen molar-refractivity contribution in [2.75, 3.05) is 33.4 Å². The monoisotopic (exact) mass is 464 g/mol. The summed E-state index contributed by atoms with van der Waals surface area (Å²) in [5.41, 5.74) is 2.23. The largest absolute Gasteiger partial charge is 0.494 e. The molecule has 0 N–H and O–H groups in total. The van der Waals surface area contributed by atoms with Crippen LogP contribution in [0.4, 0.5) is 4.39 Å². The number of likely N-dealkylation sites (tertiary alicyclic amines) is 1. The number of carbonyl (C=O) groups is 1. The van der Waals surface area contributed by atoms with Gasteiger partial charge in [0.25, 0.3) is 0 Å². The number of piperidine rings is 1. The highest BCUT2D eigenvalue weighted by atomic mass is 19.1. The third-order valence-corrected chi connectivity index (χ3v) is 6.67. The molecule has 0 aliphatic carbocycles. The Morgan fingerprint density at radius 2 is 2.03 bits per heavy atom. The molecular formula is C27H29FN2O4. The van der Waals surface area contributed by atoms with Crippen LogP contribution in [-0.4, -0.2) is 61.2 Å². The first-order valence-corrected chi connectivity index (χ1v) is 11.9. The molecule has 0 amide bonds. The molecule has 0 saturated carbocycles. The number of ketones is 1. The summed E-state index contributed by atoms with van der Waals surface area (Å²) in [6, 6.07) is 12.7. The average molecular weight is 465 g/mol. The minimum absolute atomic E-state index is 0.0752. The topological polar surface area (TPSA) is 60.9 Å². The third kappa shape index (κ3) is 4.76. The van der Waals surface area contributed by atoms with Crippen molar-refractivity contribution in [2.24, 2.45) is 0 Å². The molecule has 0 spiro atoms. The first-order chi connectivity index (χ1) is 16.6. The van der Waals surface area contributed by atoms with Crippen molar-refractivity contribution in [3.05, 3.63) is 54.5 Å². The highest BCUT2D eigenvalue weighted by Crippen LogP contribution is 2.37. The summed E-state index contributed by atoms with van der Waals surface area (Å²) in [4.78, 5) is 18.9. The number of hydrogen-bond donors (Lipinski definition) is 0. The molecule has 178 valence electrons. The van der Waals surface area contributed by atoms with Gasteiger partial charge in [-0.25, -0.2) is 4.39 Å². The van der Waals surface area contributed by atoms with Gasteiger partial charge in [-0.2, -0.15) is 0 Å². The van der Waals surface area contributed by atoms with E-state index in [2.05, 4.69) is 9.88 Å². The van der Waals surface area contributed by atoms with E-state index >= 15 is 4.39 Å². The fourth-order valence-corrected chi connectivity index (χ4v) is 4.83. The zero-order valence-corrected chi connectivity index (χ0v) is 19.3. The van der Waals surface area contributed by atoms with Crippen LogP contribution >= 0.6 is 0 Å². The van der Waals surface area contributed by atoms with Crippen molar-refractivity contribution in [2.45, 2.75) is 37.9 Å². The minimum atomic E-state index is -0.406. The van der Waals surface area contributed by atoms with Crippen LogP contribution < -0.4 is 9.47 Å². The molecule has 0 radical (unpaired) electrons. The van der Waals surface area contributed by atoms with Crippen LogP contribution in [0.15, 0.2) is 48.7 Å². The predicted molar refractivity (Wildman–Crippen MR) is 128 cm³/mol. The maximum atomic E-state index is 15.0. The number of fused-ring (bicyclic) bond motifs is 1. The Kier molecular flexibility index (Phi) is 6.74. The summed E-state index contributed by atoms with van der Waals surface area (Å²) in [6.07, 6.45) is 4.70. The second-order valence-corrected chi connectivity index (χ2v) is 8.93. The van der Waals surface area contributed by atoms with Crippen LogP contribution in [0.2, 0.25) is 0 Å². The van der Waals surface area contributed by atoms with Crippen molar-refractivity contribution >= 4 is 16.7 Å². The van der Waals surface area contributed by atoms with Gasteiger partial charge in [0.05, 0.1) is 13.7 Å². The maximum Gasteiger partial charge on any atom is 0.175 e. The molecule has 2 saturated heterocycles. The van der Waals surface area contributed by atoms with Crippen LogP contribution in [0, 0.1) is 5.82 Å². The SMILES string of the molecule is COc1c(-c2ccc(OC3CCN(CC(=O)[C@H]4CCCO4)CC3)c(F)c2)ccc2cccnc12. The molecule has 2 fully saturated rings. The van der Waals surface area contributed by atoms with Crippen molar-refractivity contribution < 1.29 is 23.4 Å². The zero-order chi connectivity index (χ0) is 23.5. The highest BCUT2D eigenvalue weighted by molar-refractivity contribution is 5.92. The van der Waals surface area contributed by atoms with E-state index in [0.29, 0.717) is 24.5 Å². The molecule has 1 aromatic heterocycles. The maximum absolute atomic E-state index is 15.0. The molecule has 3 heterocycles. The Bertz CT molecular complexity index is 1170. The van der Waals surface area contributed by atoms with Crippen LogP contribution in [0.5, 0.6) is 11.5 Å². The second kappa shape index (κ2) is 10.1. The van der Waals surface area contributed by atoms with Gasteiger partial charge in [0.15, 0.2) is 23.1 Å². The Hall–Kier alpha value is -3.03.